The van der Waals surface area contributed by atoms with Crippen molar-refractivity contribution in [3.8, 4) is 5.75 Å². The van der Waals surface area contributed by atoms with Crippen LogP contribution >= 0.6 is 12.4 Å². The van der Waals surface area contributed by atoms with Gasteiger partial charge in [-0.1, -0.05) is 6.92 Å². The highest BCUT2D eigenvalue weighted by molar-refractivity contribution is 5.94. The minimum absolute atomic E-state index is 0. The van der Waals surface area contributed by atoms with Crippen LogP contribution in [0.5, 0.6) is 5.75 Å². The van der Waals surface area contributed by atoms with E-state index in [9.17, 15) is 9.18 Å². The number of carbonyl (C=O) groups is 1. The Balaban J connectivity index is 0.00000220. The number of rotatable bonds is 3. The quantitative estimate of drug-likeness (QED) is 0.932. The van der Waals surface area contributed by atoms with Crippen LogP contribution in [-0.4, -0.2) is 37.0 Å². The predicted octanol–water partition coefficient (Wildman–Crippen LogP) is 2.46. The Morgan fingerprint density at radius 2 is 2.24 bits per heavy atom. The fourth-order valence-electron chi connectivity index (χ4n) is 2.83. The number of ether oxygens (including phenoxy) is 1. The number of nitrogens with zero attached hydrogens (tertiary/aromatic N) is 1. The van der Waals surface area contributed by atoms with Gasteiger partial charge >= 0.3 is 0 Å². The van der Waals surface area contributed by atoms with E-state index in [1.54, 1.807) is 11.0 Å². The van der Waals surface area contributed by atoms with Crippen LogP contribution in [0.4, 0.5) is 4.39 Å². The standard InChI is InChI=1S/C15H21FN2O2.ClH/c1-10-4-3-7-18(13(10)9-17)15(19)11-5-6-14(20-2)12(16)8-11;/h5-6,8,10,13H,3-4,7,9,17H2,1-2H3;1H. The number of halogens is 2. The number of carbonyl (C=O) groups excluding carboxylic acids is 1. The number of likely N-dealkylation sites (tertiary alicyclic amines) is 1. The van der Waals surface area contributed by atoms with Crippen molar-refractivity contribution in [2.75, 3.05) is 20.2 Å². The van der Waals surface area contributed by atoms with Gasteiger partial charge in [0.1, 0.15) is 0 Å². The van der Waals surface area contributed by atoms with Crippen LogP contribution in [0.2, 0.25) is 0 Å². The molecule has 6 heteroatoms. The van der Waals surface area contributed by atoms with E-state index in [0.717, 1.165) is 12.8 Å². The second-order valence-electron chi connectivity index (χ2n) is 5.27. The molecule has 21 heavy (non-hydrogen) atoms. The lowest BCUT2D eigenvalue weighted by molar-refractivity contribution is 0.0532. The lowest BCUT2D eigenvalue weighted by Gasteiger charge is -2.39. The Labute approximate surface area is 130 Å². The van der Waals surface area contributed by atoms with E-state index in [1.165, 1.54) is 19.2 Å². The van der Waals surface area contributed by atoms with E-state index in [2.05, 4.69) is 6.92 Å². The molecule has 1 aromatic carbocycles. The summed E-state index contributed by atoms with van der Waals surface area (Å²) in [6.07, 6.45) is 2.03. The van der Waals surface area contributed by atoms with Gasteiger partial charge < -0.3 is 15.4 Å². The van der Waals surface area contributed by atoms with Gasteiger partial charge in [0.25, 0.3) is 5.91 Å². The lowest BCUT2D eigenvalue weighted by atomic mass is 9.90. The fraction of sp³-hybridized carbons (Fsp3) is 0.533. The zero-order valence-corrected chi connectivity index (χ0v) is 13.2. The summed E-state index contributed by atoms with van der Waals surface area (Å²) in [5.41, 5.74) is 6.13. The number of methoxy groups -OCH3 is 1. The summed E-state index contributed by atoms with van der Waals surface area (Å²) >= 11 is 0. The Hall–Kier alpha value is -1.33. The third-order valence-electron chi connectivity index (χ3n) is 4.02. The normalized spacial score (nSPS) is 21.6. The molecule has 0 aliphatic carbocycles. The minimum atomic E-state index is -0.521. The van der Waals surface area contributed by atoms with Gasteiger partial charge in [-0.3, -0.25) is 4.79 Å². The molecule has 0 saturated carbocycles. The lowest BCUT2D eigenvalue weighted by Crippen LogP contribution is -2.51. The minimum Gasteiger partial charge on any atom is -0.494 e. The van der Waals surface area contributed by atoms with Crippen molar-refractivity contribution < 1.29 is 13.9 Å². The molecule has 1 aromatic rings. The average Bonchev–Trinajstić information content (AvgIpc) is 2.46. The van der Waals surface area contributed by atoms with E-state index < -0.39 is 5.82 Å². The van der Waals surface area contributed by atoms with Gasteiger partial charge in [-0.15, -0.1) is 12.4 Å². The third kappa shape index (κ3) is 3.66. The first kappa shape index (κ1) is 17.7. The number of benzene rings is 1. The molecule has 1 fully saturated rings. The maximum atomic E-state index is 13.7. The first-order chi connectivity index (χ1) is 9.58. The topological polar surface area (TPSA) is 55.6 Å². The summed E-state index contributed by atoms with van der Waals surface area (Å²) in [5, 5.41) is 0. The van der Waals surface area contributed by atoms with Crippen LogP contribution in [0.15, 0.2) is 18.2 Å². The second kappa shape index (κ2) is 7.61. The fourth-order valence-corrected chi connectivity index (χ4v) is 2.83. The highest BCUT2D eigenvalue weighted by atomic mass is 35.5. The molecule has 118 valence electrons. The van der Waals surface area contributed by atoms with Gasteiger partial charge in [0.05, 0.1) is 7.11 Å². The van der Waals surface area contributed by atoms with Crippen LogP contribution < -0.4 is 10.5 Å². The number of hydrogen-bond acceptors (Lipinski definition) is 3. The van der Waals surface area contributed by atoms with Gasteiger partial charge in [-0.25, -0.2) is 4.39 Å². The smallest absolute Gasteiger partial charge is 0.254 e. The van der Waals surface area contributed by atoms with Crippen molar-refractivity contribution in [3.05, 3.63) is 29.6 Å². The molecule has 1 aliphatic rings. The molecule has 0 radical (unpaired) electrons. The Morgan fingerprint density at radius 3 is 2.81 bits per heavy atom. The van der Waals surface area contributed by atoms with E-state index in [0.29, 0.717) is 24.6 Å². The zero-order valence-electron chi connectivity index (χ0n) is 12.3. The summed E-state index contributed by atoms with van der Waals surface area (Å²) in [6.45, 7) is 3.22. The van der Waals surface area contributed by atoms with Crippen LogP contribution in [0.25, 0.3) is 0 Å². The van der Waals surface area contributed by atoms with Crippen molar-refractivity contribution in [1.29, 1.82) is 0 Å². The summed E-state index contributed by atoms with van der Waals surface area (Å²) in [6, 6.07) is 4.33. The zero-order chi connectivity index (χ0) is 14.7. The molecule has 1 heterocycles. The first-order valence-electron chi connectivity index (χ1n) is 6.93. The molecule has 1 amide bonds. The number of nitrogens with two attached hydrogens (primary N) is 1. The number of amides is 1. The molecule has 0 spiro atoms. The molecule has 1 aliphatic heterocycles. The molecular weight excluding hydrogens is 295 g/mol. The van der Waals surface area contributed by atoms with Crippen LogP contribution in [0.3, 0.4) is 0 Å². The highest BCUT2D eigenvalue weighted by Gasteiger charge is 2.31. The maximum absolute atomic E-state index is 13.7. The third-order valence-corrected chi connectivity index (χ3v) is 4.02. The SMILES string of the molecule is COc1ccc(C(=O)N2CCCC(C)C2CN)cc1F.Cl. The summed E-state index contributed by atoms with van der Waals surface area (Å²) in [4.78, 5) is 14.3. The molecule has 4 nitrogen and oxygen atoms in total. The Kier molecular flexibility index (Phi) is 6.42. The summed E-state index contributed by atoms with van der Waals surface area (Å²) in [5.74, 6) is -0.161. The van der Waals surface area contributed by atoms with Crippen LogP contribution in [-0.2, 0) is 0 Å². The van der Waals surface area contributed by atoms with Gasteiger partial charge in [0.15, 0.2) is 11.6 Å². The summed E-state index contributed by atoms with van der Waals surface area (Å²) in [7, 11) is 1.40. The van der Waals surface area contributed by atoms with Gasteiger partial charge in [0, 0.05) is 24.7 Å². The number of piperidine rings is 1. The monoisotopic (exact) mass is 316 g/mol. The molecule has 1 saturated heterocycles. The largest absolute Gasteiger partial charge is 0.494 e. The second-order valence-corrected chi connectivity index (χ2v) is 5.27. The van der Waals surface area contributed by atoms with E-state index >= 15 is 0 Å². The Morgan fingerprint density at radius 1 is 1.52 bits per heavy atom. The average molecular weight is 317 g/mol. The van der Waals surface area contributed by atoms with Gasteiger partial charge in [-0.2, -0.15) is 0 Å². The van der Waals surface area contributed by atoms with Crippen molar-refractivity contribution >= 4 is 18.3 Å². The van der Waals surface area contributed by atoms with Crippen molar-refractivity contribution in [3.63, 3.8) is 0 Å². The Bertz CT molecular complexity index is 499. The van der Waals surface area contributed by atoms with Gasteiger partial charge in [0.2, 0.25) is 0 Å². The van der Waals surface area contributed by atoms with E-state index in [4.69, 9.17) is 10.5 Å². The number of hydrogen-bond donors (Lipinski definition) is 1. The summed E-state index contributed by atoms with van der Waals surface area (Å²) < 4.78 is 18.6. The molecule has 2 rings (SSSR count). The highest BCUT2D eigenvalue weighted by Crippen LogP contribution is 2.25. The molecule has 2 N–H and O–H groups in total. The van der Waals surface area contributed by atoms with Crippen molar-refractivity contribution in [1.82, 2.24) is 4.90 Å². The molecule has 2 unspecified atom stereocenters. The predicted molar refractivity (Wildman–Crippen MR) is 82.5 cm³/mol. The molecule has 2 atom stereocenters. The van der Waals surface area contributed by atoms with Gasteiger partial charge in [-0.05, 0) is 37.0 Å². The molecule has 0 aromatic heterocycles. The maximum Gasteiger partial charge on any atom is 0.254 e. The molecular formula is C15H22ClFN2O2. The van der Waals surface area contributed by atoms with E-state index in [-0.39, 0.29) is 30.1 Å². The van der Waals surface area contributed by atoms with Crippen molar-refractivity contribution in [2.45, 2.75) is 25.8 Å². The van der Waals surface area contributed by atoms with E-state index in [1.807, 2.05) is 0 Å². The van der Waals surface area contributed by atoms with Crippen molar-refractivity contribution in [2.24, 2.45) is 11.7 Å². The van der Waals surface area contributed by atoms with Crippen LogP contribution in [0.1, 0.15) is 30.1 Å². The van der Waals surface area contributed by atoms with Crippen LogP contribution in [0, 0.1) is 11.7 Å². The molecule has 0 bridgehead atoms. The first-order valence-corrected chi connectivity index (χ1v) is 6.93.